The highest BCUT2D eigenvalue weighted by Gasteiger charge is 2.30. The fourth-order valence-corrected chi connectivity index (χ4v) is 5.24. The van der Waals surface area contributed by atoms with Gasteiger partial charge in [0, 0.05) is 0 Å². The zero-order valence-electron chi connectivity index (χ0n) is 20.4. The molecule has 0 saturated carbocycles. The second kappa shape index (κ2) is 10.7. The molecule has 2 rings (SSSR count). The third-order valence-corrected chi connectivity index (χ3v) is 7.08. The van der Waals surface area contributed by atoms with Gasteiger partial charge in [0.05, 0.1) is 37.2 Å². The summed E-state index contributed by atoms with van der Waals surface area (Å²) in [6, 6.07) is 7.24. The molecule has 0 radical (unpaired) electrons. The zero-order valence-corrected chi connectivity index (χ0v) is 22.0. The van der Waals surface area contributed by atoms with Crippen LogP contribution in [-0.4, -0.2) is 40.8 Å². The van der Waals surface area contributed by atoms with E-state index in [0.717, 1.165) is 33.0 Å². The van der Waals surface area contributed by atoms with E-state index in [1.165, 1.54) is 13.2 Å². The molecule has 0 aliphatic heterocycles. The molecule has 33 heavy (non-hydrogen) atoms. The second-order valence-electron chi connectivity index (χ2n) is 8.39. The van der Waals surface area contributed by atoms with E-state index in [-0.39, 0.29) is 22.7 Å². The molecule has 2 aromatic carbocycles. The summed E-state index contributed by atoms with van der Waals surface area (Å²) in [6.07, 6.45) is 1.06. The Morgan fingerprint density at radius 1 is 1.00 bits per heavy atom. The molecule has 7 nitrogen and oxygen atoms in total. The van der Waals surface area contributed by atoms with E-state index in [2.05, 4.69) is 19.2 Å². The first-order valence-corrected chi connectivity index (χ1v) is 12.9. The number of sulfonamides is 1. The SMILES string of the molecule is COc1ccc(N([C@H](C)C(=O)N[C@H](C)c2cc(C(C)C)c(OC)cc2C)S(C)(=O)=O)cc1Cl. The molecule has 0 heterocycles. The van der Waals surface area contributed by atoms with Gasteiger partial charge in [0.1, 0.15) is 17.5 Å². The largest absolute Gasteiger partial charge is 0.496 e. The molecule has 0 aliphatic carbocycles. The summed E-state index contributed by atoms with van der Waals surface area (Å²) in [5.41, 5.74) is 3.23. The minimum atomic E-state index is -3.78. The number of carbonyl (C=O) groups is 1. The van der Waals surface area contributed by atoms with Crippen LogP contribution in [0, 0.1) is 6.92 Å². The first-order chi connectivity index (χ1) is 15.3. The monoisotopic (exact) mass is 496 g/mol. The number of aryl methyl sites for hydroxylation is 1. The highest BCUT2D eigenvalue weighted by atomic mass is 35.5. The predicted octanol–water partition coefficient (Wildman–Crippen LogP) is 4.82. The minimum absolute atomic E-state index is 0.238. The van der Waals surface area contributed by atoms with E-state index >= 15 is 0 Å². The van der Waals surface area contributed by atoms with Crippen molar-refractivity contribution in [3.05, 3.63) is 52.0 Å². The summed E-state index contributed by atoms with van der Waals surface area (Å²) in [5, 5.41) is 3.21. The Kier molecular flexibility index (Phi) is 8.65. The molecule has 2 aromatic rings. The van der Waals surface area contributed by atoms with E-state index < -0.39 is 22.0 Å². The van der Waals surface area contributed by atoms with Crippen LogP contribution in [0.1, 0.15) is 56.3 Å². The fraction of sp³-hybridized carbons (Fsp3) is 0.458. The number of ether oxygens (including phenoxy) is 2. The molecular formula is C24H33ClN2O5S. The van der Waals surface area contributed by atoms with Gasteiger partial charge in [-0.2, -0.15) is 0 Å². The number of amides is 1. The van der Waals surface area contributed by atoms with E-state index in [0.29, 0.717) is 5.75 Å². The van der Waals surface area contributed by atoms with Crippen LogP contribution in [0.15, 0.2) is 30.3 Å². The predicted molar refractivity (Wildman–Crippen MR) is 133 cm³/mol. The third-order valence-electron chi connectivity index (χ3n) is 5.54. The van der Waals surface area contributed by atoms with E-state index in [1.807, 2.05) is 26.0 Å². The molecule has 1 N–H and O–H groups in total. The van der Waals surface area contributed by atoms with Crippen molar-refractivity contribution in [1.82, 2.24) is 5.32 Å². The lowest BCUT2D eigenvalue weighted by Crippen LogP contribution is -2.48. The van der Waals surface area contributed by atoms with Gasteiger partial charge < -0.3 is 14.8 Å². The highest BCUT2D eigenvalue weighted by Crippen LogP contribution is 2.33. The number of carbonyl (C=O) groups excluding carboxylic acids is 1. The lowest BCUT2D eigenvalue weighted by molar-refractivity contribution is -0.122. The molecule has 0 spiro atoms. The Bertz CT molecular complexity index is 1120. The topological polar surface area (TPSA) is 84.9 Å². The molecule has 0 fully saturated rings. The molecular weight excluding hydrogens is 464 g/mol. The lowest BCUT2D eigenvalue weighted by atomic mass is 9.93. The first-order valence-electron chi connectivity index (χ1n) is 10.6. The van der Waals surface area contributed by atoms with Crippen molar-refractivity contribution >= 4 is 33.2 Å². The average molecular weight is 497 g/mol. The quantitative estimate of drug-likeness (QED) is 0.538. The van der Waals surface area contributed by atoms with Crippen molar-refractivity contribution in [3.8, 4) is 11.5 Å². The molecule has 0 saturated heterocycles. The number of halogens is 1. The summed E-state index contributed by atoms with van der Waals surface area (Å²) in [7, 11) is -0.670. The van der Waals surface area contributed by atoms with Crippen LogP contribution in [0.5, 0.6) is 11.5 Å². The Balaban J connectivity index is 2.36. The van der Waals surface area contributed by atoms with Crippen LogP contribution in [-0.2, 0) is 14.8 Å². The molecule has 0 aromatic heterocycles. The number of benzene rings is 2. The summed E-state index contributed by atoms with van der Waals surface area (Å²) >= 11 is 6.20. The summed E-state index contributed by atoms with van der Waals surface area (Å²) in [6.45, 7) is 9.52. The van der Waals surface area contributed by atoms with Gasteiger partial charge in [-0.05, 0) is 73.7 Å². The van der Waals surface area contributed by atoms with Gasteiger partial charge in [-0.1, -0.05) is 25.4 Å². The van der Waals surface area contributed by atoms with Crippen LogP contribution < -0.4 is 19.1 Å². The normalized spacial score (nSPS) is 13.4. The molecule has 1 amide bonds. The Morgan fingerprint density at radius 3 is 2.09 bits per heavy atom. The number of anilines is 1. The van der Waals surface area contributed by atoms with Crippen LogP contribution in [0.3, 0.4) is 0 Å². The van der Waals surface area contributed by atoms with Crippen LogP contribution in [0.2, 0.25) is 5.02 Å². The van der Waals surface area contributed by atoms with Gasteiger partial charge in [0.2, 0.25) is 15.9 Å². The maximum Gasteiger partial charge on any atom is 0.244 e. The average Bonchev–Trinajstić information content (AvgIpc) is 2.72. The smallest absolute Gasteiger partial charge is 0.244 e. The Hall–Kier alpha value is -2.45. The Morgan fingerprint density at radius 2 is 1.61 bits per heavy atom. The van der Waals surface area contributed by atoms with Crippen LogP contribution in [0.25, 0.3) is 0 Å². The number of methoxy groups -OCH3 is 2. The van der Waals surface area contributed by atoms with Gasteiger partial charge in [-0.15, -0.1) is 0 Å². The standard InChI is InChI=1S/C24H33ClN2O5S/c1-14(2)19-13-20(15(3)11-23(19)32-7)16(4)26-24(28)17(5)27(33(8,29)30)18-9-10-22(31-6)21(25)12-18/h9-14,16-17H,1-8H3,(H,26,28)/t16-,17-/m1/s1. The van der Waals surface area contributed by atoms with Crippen molar-refractivity contribution in [2.75, 3.05) is 24.8 Å². The van der Waals surface area contributed by atoms with Gasteiger partial charge in [0.25, 0.3) is 0 Å². The number of hydrogen-bond acceptors (Lipinski definition) is 5. The molecule has 0 unspecified atom stereocenters. The van der Waals surface area contributed by atoms with E-state index in [9.17, 15) is 13.2 Å². The number of nitrogens with zero attached hydrogens (tertiary/aromatic N) is 1. The molecule has 182 valence electrons. The van der Waals surface area contributed by atoms with Crippen molar-refractivity contribution in [3.63, 3.8) is 0 Å². The van der Waals surface area contributed by atoms with Crippen molar-refractivity contribution in [1.29, 1.82) is 0 Å². The third kappa shape index (κ3) is 6.12. The number of hydrogen-bond donors (Lipinski definition) is 1. The van der Waals surface area contributed by atoms with Gasteiger partial charge >= 0.3 is 0 Å². The van der Waals surface area contributed by atoms with Gasteiger partial charge in [0.15, 0.2) is 0 Å². The van der Waals surface area contributed by atoms with Gasteiger partial charge in [-0.3, -0.25) is 9.10 Å². The van der Waals surface area contributed by atoms with Crippen molar-refractivity contribution in [2.24, 2.45) is 0 Å². The zero-order chi connectivity index (χ0) is 25.1. The maximum absolute atomic E-state index is 13.1. The molecule has 9 heteroatoms. The first kappa shape index (κ1) is 26.8. The number of nitrogens with one attached hydrogen (secondary N) is 1. The van der Waals surface area contributed by atoms with Crippen molar-refractivity contribution < 1.29 is 22.7 Å². The summed E-state index contributed by atoms with van der Waals surface area (Å²) < 4.78 is 36.9. The molecule has 0 aliphatic rings. The summed E-state index contributed by atoms with van der Waals surface area (Å²) in [4.78, 5) is 13.1. The second-order valence-corrected chi connectivity index (χ2v) is 10.7. The maximum atomic E-state index is 13.1. The van der Waals surface area contributed by atoms with Crippen molar-refractivity contribution in [2.45, 2.75) is 52.6 Å². The molecule has 2 atom stereocenters. The Labute approximate surface area is 202 Å². The van der Waals surface area contributed by atoms with E-state index in [1.54, 1.807) is 26.2 Å². The lowest BCUT2D eigenvalue weighted by Gasteiger charge is -2.30. The van der Waals surface area contributed by atoms with Gasteiger partial charge in [-0.25, -0.2) is 8.42 Å². The molecule has 0 bridgehead atoms. The highest BCUT2D eigenvalue weighted by molar-refractivity contribution is 7.92. The van der Waals surface area contributed by atoms with Crippen LogP contribution in [0.4, 0.5) is 5.69 Å². The number of rotatable bonds is 9. The fourth-order valence-electron chi connectivity index (χ4n) is 3.82. The minimum Gasteiger partial charge on any atom is -0.496 e. The van der Waals surface area contributed by atoms with Crippen LogP contribution >= 0.6 is 11.6 Å². The van der Waals surface area contributed by atoms with E-state index in [4.69, 9.17) is 21.1 Å². The summed E-state index contributed by atoms with van der Waals surface area (Å²) in [5.74, 6) is 1.02.